The molecule has 18 heavy (non-hydrogen) atoms. The lowest BCUT2D eigenvalue weighted by Crippen LogP contribution is -2.06. The van der Waals surface area contributed by atoms with Gasteiger partial charge in [-0.1, -0.05) is 25.8 Å². The van der Waals surface area contributed by atoms with E-state index in [2.05, 4.69) is 39.0 Å². The summed E-state index contributed by atoms with van der Waals surface area (Å²) in [5.41, 5.74) is 1.60. The van der Waals surface area contributed by atoms with Crippen LogP contribution < -0.4 is 0 Å². The first-order chi connectivity index (χ1) is 8.84. The molecule has 3 rings (SSSR count). The highest BCUT2D eigenvalue weighted by molar-refractivity contribution is 8.37. The quantitative estimate of drug-likeness (QED) is 0.783. The van der Waals surface area contributed by atoms with Gasteiger partial charge in [-0.25, -0.2) is 4.98 Å². The average Bonchev–Trinajstić information content (AvgIpc) is 3.12. The van der Waals surface area contributed by atoms with Crippen LogP contribution in [0.2, 0.25) is 0 Å². The zero-order chi connectivity index (χ0) is 12.4. The molecule has 1 aromatic heterocycles. The highest BCUT2D eigenvalue weighted by atomic mass is 32.3. The van der Waals surface area contributed by atoms with Gasteiger partial charge in [0.25, 0.3) is 0 Å². The number of aromatic nitrogens is 2. The summed E-state index contributed by atoms with van der Waals surface area (Å²) in [5, 5.41) is 5.04. The maximum Gasteiger partial charge on any atom is 0.104 e. The Bertz CT molecular complexity index is 455. The molecule has 1 aliphatic carbocycles. The van der Waals surface area contributed by atoms with Gasteiger partial charge in [-0.3, -0.25) is 3.97 Å². The molecule has 1 fully saturated rings. The Morgan fingerprint density at radius 3 is 2.89 bits per heavy atom. The normalized spacial score (nSPS) is 31.5. The molecular weight excluding hydrogens is 240 g/mol. The van der Waals surface area contributed by atoms with Gasteiger partial charge in [-0.05, 0) is 41.6 Å². The van der Waals surface area contributed by atoms with E-state index < -0.39 is 10.2 Å². The summed E-state index contributed by atoms with van der Waals surface area (Å²) in [4.78, 5) is 4.24. The van der Waals surface area contributed by atoms with Gasteiger partial charge in [0.15, 0.2) is 0 Å². The molecule has 0 radical (unpaired) electrons. The summed E-state index contributed by atoms with van der Waals surface area (Å²) in [5.74, 6) is 2.08. The van der Waals surface area contributed by atoms with E-state index in [4.69, 9.17) is 0 Å². The molecule has 0 aromatic carbocycles. The monoisotopic (exact) mass is 262 g/mol. The van der Waals surface area contributed by atoms with Gasteiger partial charge in [-0.15, -0.1) is 10.2 Å². The third kappa shape index (κ3) is 2.05. The average molecular weight is 262 g/mol. The van der Waals surface area contributed by atoms with E-state index in [0.29, 0.717) is 0 Å². The smallest absolute Gasteiger partial charge is 0.104 e. The predicted octanol–water partition coefficient (Wildman–Crippen LogP) is 4.46. The fourth-order valence-corrected chi connectivity index (χ4v) is 6.25. The first-order valence-electron chi connectivity index (χ1n) is 7.03. The van der Waals surface area contributed by atoms with Crippen LogP contribution in [0.5, 0.6) is 0 Å². The Kier molecular flexibility index (Phi) is 3.33. The third-order valence-corrected chi connectivity index (χ3v) is 7.42. The first kappa shape index (κ1) is 12.1. The lowest BCUT2D eigenvalue weighted by Gasteiger charge is -2.33. The third-order valence-electron chi connectivity index (χ3n) is 4.07. The van der Waals surface area contributed by atoms with Gasteiger partial charge in [0.05, 0.1) is 0 Å². The zero-order valence-electron chi connectivity index (χ0n) is 11.1. The lowest BCUT2D eigenvalue weighted by molar-refractivity contribution is 0.660. The van der Waals surface area contributed by atoms with Crippen LogP contribution in [0.15, 0.2) is 41.2 Å². The van der Waals surface area contributed by atoms with Crippen LogP contribution in [0.4, 0.5) is 0 Å². The SMILES string of the molecule is CCCS1(n2ccnc2)C=CC(C2CCCC2)=C1. The van der Waals surface area contributed by atoms with Crippen molar-refractivity contribution in [3.63, 3.8) is 0 Å². The van der Waals surface area contributed by atoms with E-state index in [9.17, 15) is 0 Å². The Balaban J connectivity index is 1.91. The minimum Gasteiger partial charge on any atom is -0.292 e. The van der Waals surface area contributed by atoms with E-state index in [1.165, 1.54) is 37.9 Å². The Morgan fingerprint density at radius 1 is 1.39 bits per heavy atom. The van der Waals surface area contributed by atoms with Gasteiger partial charge < -0.3 is 0 Å². The number of hydrogen-bond donors (Lipinski definition) is 0. The topological polar surface area (TPSA) is 17.8 Å². The summed E-state index contributed by atoms with van der Waals surface area (Å²) in [7, 11) is -0.922. The number of imidazole rings is 1. The number of rotatable bonds is 4. The van der Waals surface area contributed by atoms with Crippen LogP contribution in [0.25, 0.3) is 0 Å². The number of allylic oxidation sites excluding steroid dienone is 2. The molecule has 1 aromatic rings. The van der Waals surface area contributed by atoms with Crippen LogP contribution in [-0.4, -0.2) is 14.7 Å². The molecule has 0 bridgehead atoms. The maximum absolute atomic E-state index is 4.24. The van der Waals surface area contributed by atoms with Crippen molar-refractivity contribution < 1.29 is 0 Å². The van der Waals surface area contributed by atoms with Crippen molar-refractivity contribution in [2.45, 2.75) is 39.0 Å². The largest absolute Gasteiger partial charge is 0.292 e. The zero-order valence-corrected chi connectivity index (χ0v) is 11.9. The van der Waals surface area contributed by atoms with Crippen LogP contribution in [0.1, 0.15) is 39.0 Å². The van der Waals surface area contributed by atoms with E-state index in [-0.39, 0.29) is 0 Å². The standard InChI is InChI=1S/C15H22N2S/c1-2-10-18(17-9-8-16-13-17)11-7-15(12-18)14-5-3-4-6-14/h7-9,11-14H,2-6,10H2,1H3. The lowest BCUT2D eigenvalue weighted by atomic mass is 9.99. The summed E-state index contributed by atoms with van der Waals surface area (Å²) in [6.45, 7) is 2.28. The van der Waals surface area contributed by atoms with Gasteiger partial charge in [0, 0.05) is 18.1 Å². The molecule has 1 aliphatic heterocycles. The fourth-order valence-electron chi connectivity index (χ4n) is 3.14. The van der Waals surface area contributed by atoms with Gasteiger partial charge in [0.2, 0.25) is 0 Å². The Labute approximate surface area is 111 Å². The minimum absolute atomic E-state index is 0.830. The molecule has 0 spiro atoms. The summed E-state index contributed by atoms with van der Waals surface area (Å²) >= 11 is 0. The van der Waals surface area contributed by atoms with Crippen molar-refractivity contribution in [3.05, 3.63) is 41.2 Å². The summed E-state index contributed by atoms with van der Waals surface area (Å²) in [6.07, 6.45) is 15.3. The van der Waals surface area contributed by atoms with Crippen LogP contribution in [0, 0.1) is 5.92 Å². The van der Waals surface area contributed by atoms with E-state index in [1.54, 1.807) is 5.57 Å². The molecule has 2 aliphatic rings. The molecule has 0 saturated heterocycles. The van der Waals surface area contributed by atoms with Crippen molar-refractivity contribution >= 4 is 10.2 Å². The van der Waals surface area contributed by atoms with Crippen molar-refractivity contribution in [3.8, 4) is 0 Å². The van der Waals surface area contributed by atoms with Crippen molar-refractivity contribution in [2.24, 2.45) is 5.92 Å². The molecule has 0 N–H and O–H groups in total. The molecule has 1 unspecified atom stereocenters. The molecular formula is C15H22N2S. The maximum atomic E-state index is 4.24. The molecule has 2 heterocycles. The number of hydrogen-bond acceptors (Lipinski definition) is 1. The molecule has 3 heteroatoms. The van der Waals surface area contributed by atoms with Gasteiger partial charge >= 0.3 is 0 Å². The van der Waals surface area contributed by atoms with E-state index in [0.717, 1.165) is 5.92 Å². The van der Waals surface area contributed by atoms with E-state index in [1.807, 2.05) is 12.5 Å². The second-order valence-electron chi connectivity index (χ2n) is 5.34. The van der Waals surface area contributed by atoms with Crippen molar-refractivity contribution in [2.75, 3.05) is 5.75 Å². The molecule has 0 amide bonds. The Morgan fingerprint density at radius 2 is 2.22 bits per heavy atom. The second-order valence-corrected chi connectivity index (χ2v) is 8.29. The van der Waals surface area contributed by atoms with Crippen molar-refractivity contribution in [1.82, 2.24) is 8.96 Å². The minimum atomic E-state index is -0.922. The molecule has 2 nitrogen and oxygen atoms in total. The number of nitrogens with zero attached hydrogens (tertiary/aromatic N) is 2. The Hall–Kier alpha value is -0.960. The second kappa shape index (κ2) is 4.96. The van der Waals surface area contributed by atoms with Gasteiger partial charge in [0.1, 0.15) is 6.33 Å². The molecule has 1 saturated carbocycles. The molecule has 98 valence electrons. The highest BCUT2D eigenvalue weighted by Gasteiger charge is 2.28. The van der Waals surface area contributed by atoms with Crippen LogP contribution in [-0.2, 0) is 0 Å². The first-order valence-corrected chi connectivity index (χ1v) is 8.92. The highest BCUT2D eigenvalue weighted by Crippen LogP contribution is 2.58. The van der Waals surface area contributed by atoms with Crippen LogP contribution in [0.3, 0.4) is 0 Å². The summed E-state index contributed by atoms with van der Waals surface area (Å²) in [6, 6.07) is 0. The molecule has 1 atom stereocenters. The predicted molar refractivity (Wildman–Crippen MR) is 79.6 cm³/mol. The van der Waals surface area contributed by atoms with E-state index >= 15 is 0 Å². The van der Waals surface area contributed by atoms with Crippen LogP contribution >= 0.6 is 10.2 Å². The summed E-state index contributed by atoms with van der Waals surface area (Å²) < 4.78 is 2.34. The van der Waals surface area contributed by atoms with Crippen molar-refractivity contribution in [1.29, 1.82) is 0 Å². The fraction of sp³-hybridized carbons (Fsp3) is 0.533. The van der Waals surface area contributed by atoms with Gasteiger partial charge in [-0.2, -0.15) is 0 Å².